The van der Waals surface area contributed by atoms with Crippen molar-refractivity contribution in [3.8, 4) is 0 Å². The van der Waals surface area contributed by atoms with Gasteiger partial charge in [-0.05, 0) is 13.8 Å². The molecule has 0 aliphatic carbocycles. The first-order valence-electron chi connectivity index (χ1n) is 5.09. The second-order valence-corrected chi connectivity index (χ2v) is 4.21. The smallest absolute Gasteiger partial charge is 0.160 e. The zero-order valence-electron chi connectivity index (χ0n) is 9.82. The molecule has 4 atom stereocenters. The van der Waals surface area contributed by atoms with E-state index in [9.17, 15) is 5.11 Å². The van der Waals surface area contributed by atoms with Gasteiger partial charge in [0.1, 0.15) is 11.2 Å². The second kappa shape index (κ2) is 4.35. The molecule has 5 heteroatoms. The molecule has 0 aromatic heterocycles. The van der Waals surface area contributed by atoms with Crippen LogP contribution in [0.3, 0.4) is 0 Å². The van der Waals surface area contributed by atoms with Gasteiger partial charge < -0.3 is 25.1 Å². The summed E-state index contributed by atoms with van der Waals surface area (Å²) in [7, 11) is 3.13. The lowest BCUT2D eigenvalue weighted by molar-refractivity contribution is -0.309. The van der Waals surface area contributed by atoms with Crippen molar-refractivity contribution in [2.24, 2.45) is 5.73 Å². The lowest BCUT2D eigenvalue weighted by atomic mass is 9.75. The molecule has 1 heterocycles. The summed E-state index contributed by atoms with van der Waals surface area (Å²) >= 11 is 0. The number of nitrogens with two attached hydrogens (primary N) is 1. The van der Waals surface area contributed by atoms with E-state index in [1.54, 1.807) is 21.1 Å². The Kier molecular flexibility index (Phi) is 3.73. The van der Waals surface area contributed by atoms with E-state index in [0.717, 1.165) is 0 Å². The van der Waals surface area contributed by atoms with E-state index in [-0.39, 0.29) is 12.8 Å². The van der Waals surface area contributed by atoms with Crippen molar-refractivity contribution in [2.45, 2.75) is 43.9 Å². The summed E-state index contributed by atoms with van der Waals surface area (Å²) in [4.78, 5) is 0. The van der Waals surface area contributed by atoms with Crippen molar-refractivity contribution in [3.63, 3.8) is 0 Å². The average molecular weight is 219 g/mol. The van der Waals surface area contributed by atoms with Gasteiger partial charge in [0.25, 0.3) is 0 Å². The van der Waals surface area contributed by atoms with Crippen LogP contribution in [0.25, 0.3) is 0 Å². The maximum Gasteiger partial charge on any atom is 0.160 e. The monoisotopic (exact) mass is 219 g/mol. The van der Waals surface area contributed by atoms with Gasteiger partial charge in [-0.15, -0.1) is 0 Å². The third-order valence-electron chi connectivity index (χ3n) is 3.53. The molecule has 0 aromatic carbocycles. The Morgan fingerprint density at radius 1 is 1.53 bits per heavy atom. The van der Waals surface area contributed by atoms with Gasteiger partial charge in [-0.25, -0.2) is 0 Å². The van der Waals surface area contributed by atoms with Crippen molar-refractivity contribution in [3.05, 3.63) is 0 Å². The van der Waals surface area contributed by atoms with Crippen LogP contribution in [0.4, 0.5) is 0 Å². The summed E-state index contributed by atoms with van der Waals surface area (Å²) < 4.78 is 16.0. The van der Waals surface area contributed by atoms with Crippen LogP contribution in [0, 0.1) is 0 Å². The van der Waals surface area contributed by atoms with E-state index in [1.807, 2.05) is 6.92 Å². The largest absolute Gasteiger partial charge is 0.383 e. The molecule has 1 rings (SSSR count). The molecule has 1 aliphatic heterocycles. The Morgan fingerprint density at radius 3 is 2.53 bits per heavy atom. The molecule has 5 nitrogen and oxygen atoms in total. The number of ether oxygens (including phenoxy) is 3. The third-order valence-corrected chi connectivity index (χ3v) is 3.53. The van der Waals surface area contributed by atoms with Gasteiger partial charge >= 0.3 is 0 Å². The Bertz CT molecular complexity index is 225. The minimum absolute atomic E-state index is 0.0922. The van der Waals surface area contributed by atoms with Crippen molar-refractivity contribution in [1.82, 2.24) is 0 Å². The van der Waals surface area contributed by atoms with Gasteiger partial charge in [-0.1, -0.05) is 0 Å². The molecular formula is C10H21NO4. The molecule has 4 unspecified atom stereocenters. The van der Waals surface area contributed by atoms with Crippen LogP contribution < -0.4 is 5.73 Å². The lowest BCUT2D eigenvalue weighted by Crippen LogP contribution is -2.69. The van der Waals surface area contributed by atoms with E-state index in [4.69, 9.17) is 19.9 Å². The fraction of sp³-hybridized carbons (Fsp3) is 1.00. The van der Waals surface area contributed by atoms with Crippen molar-refractivity contribution in [1.29, 1.82) is 0 Å². The highest BCUT2D eigenvalue weighted by Gasteiger charge is 2.56. The number of hydrogen-bond acceptors (Lipinski definition) is 5. The summed E-state index contributed by atoms with van der Waals surface area (Å²) in [5, 5.41) is 10.5. The molecule has 1 fully saturated rings. The molecule has 0 amide bonds. The standard InChI is InChI=1S/C10H21NO4/c1-7-10(12,6-11)9(2,14-4)5-8(13-3)15-7/h7-8,12H,5-6,11H2,1-4H3. The zero-order chi connectivity index (χ0) is 11.7. The number of methoxy groups -OCH3 is 2. The van der Waals surface area contributed by atoms with Crippen LogP contribution >= 0.6 is 0 Å². The SMILES string of the molecule is COC1CC(C)(OC)C(O)(CN)C(C)O1. The maximum atomic E-state index is 10.5. The van der Waals surface area contributed by atoms with Crippen molar-refractivity contribution in [2.75, 3.05) is 20.8 Å². The number of rotatable bonds is 3. The van der Waals surface area contributed by atoms with Gasteiger partial charge in [0.2, 0.25) is 0 Å². The van der Waals surface area contributed by atoms with E-state index in [0.29, 0.717) is 6.42 Å². The van der Waals surface area contributed by atoms with Crippen molar-refractivity contribution >= 4 is 0 Å². The van der Waals surface area contributed by atoms with E-state index >= 15 is 0 Å². The average Bonchev–Trinajstić information content (AvgIpc) is 2.24. The molecule has 0 spiro atoms. The van der Waals surface area contributed by atoms with Gasteiger partial charge in [0, 0.05) is 27.2 Å². The lowest BCUT2D eigenvalue weighted by Gasteiger charge is -2.52. The Labute approximate surface area is 90.5 Å². The summed E-state index contributed by atoms with van der Waals surface area (Å²) in [5.74, 6) is 0. The van der Waals surface area contributed by atoms with Crippen LogP contribution in [0.15, 0.2) is 0 Å². The molecule has 15 heavy (non-hydrogen) atoms. The summed E-state index contributed by atoms with van der Waals surface area (Å²) in [6, 6.07) is 0. The van der Waals surface area contributed by atoms with Gasteiger partial charge in [0.05, 0.1) is 6.10 Å². The van der Waals surface area contributed by atoms with Crippen LogP contribution in [-0.2, 0) is 14.2 Å². The second-order valence-electron chi connectivity index (χ2n) is 4.21. The van der Waals surface area contributed by atoms with E-state index < -0.39 is 17.3 Å². The molecule has 0 radical (unpaired) electrons. The van der Waals surface area contributed by atoms with Crippen LogP contribution in [0.5, 0.6) is 0 Å². The summed E-state index contributed by atoms with van der Waals surface area (Å²) in [5.41, 5.74) is 3.68. The predicted molar refractivity (Wildman–Crippen MR) is 55.4 cm³/mol. The normalized spacial score (nSPS) is 46.8. The molecule has 0 bridgehead atoms. The minimum Gasteiger partial charge on any atom is -0.383 e. The Morgan fingerprint density at radius 2 is 2.13 bits per heavy atom. The fourth-order valence-electron chi connectivity index (χ4n) is 2.09. The van der Waals surface area contributed by atoms with E-state index in [2.05, 4.69) is 0 Å². The number of aliphatic hydroxyl groups is 1. The third kappa shape index (κ3) is 1.90. The zero-order valence-corrected chi connectivity index (χ0v) is 9.82. The summed E-state index contributed by atoms with van der Waals surface area (Å²) in [6.07, 6.45) is -0.333. The van der Waals surface area contributed by atoms with Gasteiger partial charge in [0.15, 0.2) is 6.29 Å². The van der Waals surface area contributed by atoms with Gasteiger partial charge in [-0.2, -0.15) is 0 Å². The highest BCUT2D eigenvalue weighted by atomic mass is 16.7. The predicted octanol–water partition coefficient (Wildman–Crippen LogP) is -0.137. The quantitative estimate of drug-likeness (QED) is 0.691. The number of hydrogen-bond donors (Lipinski definition) is 2. The molecule has 3 N–H and O–H groups in total. The fourth-order valence-corrected chi connectivity index (χ4v) is 2.09. The first-order chi connectivity index (χ1) is 6.93. The minimum atomic E-state index is -1.18. The first-order valence-corrected chi connectivity index (χ1v) is 5.09. The highest BCUT2D eigenvalue weighted by molar-refractivity contribution is 5.06. The van der Waals surface area contributed by atoms with Crippen LogP contribution in [0.2, 0.25) is 0 Å². The van der Waals surface area contributed by atoms with E-state index in [1.165, 1.54) is 0 Å². The Hall–Kier alpha value is -0.200. The van der Waals surface area contributed by atoms with Crippen molar-refractivity contribution < 1.29 is 19.3 Å². The van der Waals surface area contributed by atoms with Crippen LogP contribution in [-0.4, -0.2) is 49.5 Å². The summed E-state index contributed by atoms with van der Waals surface area (Å²) in [6.45, 7) is 3.69. The van der Waals surface area contributed by atoms with Gasteiger partial charge in [-0.3, -0.25) is 0 Å². The molecule has 0 aromatic rings. The topological polar surface area (TPSA) is 73.9 Å². The molecule has 1 aliphatic rings. The molecular weight excluding hydrogens is 198 g/mol. The molecule has 1 saturated heterocycles. The highest BCUT2D eigenvalue weighted by Crippen LogP contribution is 2.39. The Balaban J connectivity index is 2.96. The maximum absolute atomic E-state index is 10.5. The first kappa shape index (κ1) is 12.9. The molecule has 90 valence electrons. The molecule has 0 saturated carbocycles. The van der Waals surface area contributed by atoms with Crippen LogP contribution in [0.1, 0.15) is 20.3 Å².